The summed E-state index contributed by atoms with van der Waals surface area (Å²) < 4.78 is 34.2. The molecule has 33 heavy (non-hydrogen) atoms. The highest BCUT2D eigenvalue weighted by molar-refractivity contribution is 7.89. The van der Waals surface area contributed by atoms with Crippen LogP contribution in [0.2, 0.25) is 5.02 Å². The zero-order chi connectivity index (χ0) is 23.8. The first-order chi connectivity index (χ1) is 15.7. The fourth-order valence-electron chi connectivity index (χ4n) is 4.15. The van der Waals surface area contributed by atoms with Crippen LogP contribution in [0.3, 0.4) is 0 Å². The van der Waals surface area contributed by atoms with Crippen LogP contribution in [0.5, 0.6) is 5.75 Å². The summed E-state index contributed by atoms with van der Waals surface area (Å²) in [5.74, 6) is 1.31. The van der Waals surface area contributed by atoms with E-state index in [1.54, 1.807) is 61.2 Å². The Morgan fingerprint density at radius 2 is 1.76 bits per heavy atom. The number of ether oxygens (including phenoxy) is 1. The summed E-state index contributed by atoms with van der Waals surface area (Å²) in [7, 11) is -0.287. The van der Waals surface area contributed by atoms with E-state index in [4.69, 9.17) is 16.3 Å². The Morgan fingerprint density at radius 1 is 1.09 bits per heavy atom. The molecule has 1 aliphatic heterocycles. The molecule has 10 heteroatoms. The van der Waals surface area contributed by atoms with Gasteiger partial charge in [0.05, 0.1) is 22.9 Å². The molecule has 3 aromatic rings. The van der Waals surface area contributed by atoms with E-state index in [9.17, 15) is 13.2 Å². The minimum atomic E-state index is -3.55. The van der Waals surface area contributed by atoms with Crippen molar-refractivity contribution in [3.63, 3.8) is 0 Å². The van der Waals surface area contributed by atoms with Crippen molar-refractivity contribution in [3.05, 3.63) is 63.7 Å². The molecule has 2 aromatic carbocycles. The highest BCUT2D eigenvalue weighted by Gasteiger charge is 2.30. The summed E-state index contributed by atoms with van der Waals surface area (Å²) in [6.07, 6.45) is 0.579. The lowest BCUT2D eigenvalue weighted by Crippen LogP contribution is -2.51. The third-order valence-electron chi connectivity index (χ3n) is 6.20. The molecule has 1 saturated heterocycles. The number of benzene rings is 2. The van der Waals surface area contributed by atoms with Gasteiger partial charge >= 0.3 is 0 Å². The number of sulfonamides is 1. The predicted molar refractivity (Wildman–Crippen MR) is 128 cm³/mol. The van der Waals surface area contributed by atoms with Gasteiger partial charge in [-0.05, 0) is 49.4 Å². The van der Waals surface area contributed by atoms with Crippen molar-refractivity contribution in [2.75, 3.05) is 33.3 Å². The van der Waals surface area contributed by atoms with Crippen LogP contribution in [0.25, 0.3) is 10.9 Å². The van der Waals surface area contributed by atoms with E-state index in [0.29, 0.717) is 60.1 Å². The molecule has 2 heterocycles. The molecule has 0 spiro atoms. The van der Waals surface area contributed by atoms with Gasteiger partial charge in [-0.3, -0.25) is 14.3 Å². The van der Waals surface area contributed by atoms with E-state index in [-0.39, 0.29) is 16.5 Å². The van der Waals surface area contributed by atoms with Crippen LogP contribution in [0, 0.1) is 0 Å². The van der Waals surface area contributed by atoms with Gasteiger partial charge in [0.25, 0.3) is 5.56 Å². The van der Waals surface area contributed by atoms with Crippen LogP contribution in [-0.2, 0) is 23.5 Å². The van der Waals surface area contributed by atoms with Crippen LogP contribution in [0.15, 0.2) is 52.2 Å². The zero-order valence-electron chi connectivity index (χ0n) is 18.9. The molecule has 1 atom stereocenters. The lowest BCUT2D eigenvalue weighted by atomic mass is 10.1. The SMILES string of the molecule is COc1ccc(S(=O)(=O)N2CCN(C(C)Cc3nc4ccc(Cl)cc4c(=O)n3C)CC2)cc1. The molecule has 176 valence electrons. The van der Waals surface area contributed by atoms with Crippen LogP contribution >= 0.6 is 11.6 Å². The third kappa shape index (κ3) is 4.77. The topological polar surface area (TPSA) is 84.7 Å². The monoisotopic (exact) mass is 490 g/mol. The number of aromatic nitrogens is 2. The second kappa shape index (κ2) is 9.42. The van der Waals surface area contributed by atoms with Gasteiger partial charge in [-0.2, -0.15) is 4.31 Å². The smallest absolute Gasteiger partial charge is 0.261 e. The standard InChI is InChI=1S/C23H27ClN4O4S/c1-16(14-22-25-21-9-4-17(24)15-20(21)23(29)26(22)2)27-10-12-28(13-11-27)33(30,31)19-7-5-18(32-3)6-8-19/h4-9,15-16H,10-14H2,1-3H3. The molecule has 1 aliphatic rings. The van der Waals surface area contributed by atoms with Gasteiger partial charge in [-0.15, -0.1) is 0 Å². The predicted octanol–water partition coefficient (Wildman–Crippen LogP) is 2.53. The van der Waals surface area contributed by atoms with Crippen molar-refractivity contribution in [1.82, 2.24) is 18.8 Å². The summed E-state index contributed by atoms with van der Waals surface area (Å²) in [4.78, 5) is 19.9. The summed E-state index contributed by atoms with van der Waals surface area (Å²) in [5, 5.41) is 1.00. The molecular weight excluding hydrogens is 464 g/mol. The second-order valence-corrected chi connectivity index (χ2v) is 10.6. The number of piperazine rings is 1. The Morgan fingerprint density at radius 3 is 2.39 bits per heavy atom. The van der Waals surface area contributed by atoms with Crippen molar-refractivity contribution in [3.8, 4) is 5.75 Å². The number of halogens is 1. The van der Waals surface area contributed by atoms with Crippen molar-refractivity contribution in [2.24, 2.45) is 7.05 Å². The molecule has 1 aromatic heterocycles. The maximum absolute atomic E-state index is 13.0. The maximum Gasteiger partial charge on any atom is 0.261 e. The van der Waals surface area contributed by atoms with Crippen molar-refractivity contribution in [2.45, 2.75) is 24.3 Å². The minimum absolute atomic E-state index is 0.0960. The average molecular weight is 491 g/mol. The largest absolute Gasteiger partial charge is 0.497 e. The summed E-state index contributed by atoms with van der Waals surface area (Å²) >= 11 is 6.03. The maximum atomic E-state index is 13.0. The van der Waals surface area contributed by atoms with Crippen molar-refractivity contribution in [1.29, 1.82) is 0 Å². The Bertz CT molecular complexity index is 1320. The number of methoxy groups -OCH3 is 1. The van der Waals surface area contributed by atoms with Crippen molar-refractivity contribution >= 4 is 32.5 Å². The molecule has 4 rings (SSSR count). The van der Waals surface area contributed by atoms with E-state index in [1.165, 1.54) is 4.31 Å². The summed E-state index contributed by atoms with van der Waals surface area (Å²) in [6, 6.07) is 11.7. The highest BCUT2D eigenvalue weighted by Crippen LogP contribution is 2.22. The molecule has 0 N–H and O–H groups in total. The highest BCUT2D eigenvalue weighted by atomic mass is 35.5. The zero-order valence-corrected chi connectivity index (χ0v) is 20.4. The molecule has 1 unspecified atom stereocenters. The van der Waals surface area contributed by atoms with Gasteiger partial charge in [0.15, 0.2) is 0 Å². The van der Waals surface area contributed by atoms with E-state index in [2.05, 4.69) is 16.8 Å². The first kappa shape index (κ1) is 23.7. The first-order valence-corrected chi connectivity index (χ1v) is 12.6. The van der Waals surface area contributed by atoms with E-state index in [0.717, 1.165) is 0 Å². The fraction of sp³-hybridized carbons (Fsp3) is 0.391. The van der Waals surface area contributed by atoms with Gasteiger partial charge in [-0.1, -0.05) is 11.6 Å². The number of nitrogens with zero attached hydrogens (tertiary/aromatic N) is 4. The van der Waals surface area contributed by atoms with Crippen LogP contribution < -0.4 is 10.3 Å². The van der Waals surface area contributed by atoms with Gasteiger partial charge in [0.2, 0.25) is 10.0 Å². The minimum Gasteiger partial charge on any atom is -0.497 e. The van der Waals surface area contributed by atoms with Gasteiger partial charge in [-0.25, -0.2) is 13.4 Å². The lowest BCUT2D eigenvalue weighted by Gasteiger charge is -2.37. The number of rotatable bonds is 6. The van der Waals surface area contributed by atoms with Gasteiger partial charge in [0, 0.05) is 50.7 Å². The molecule has 1 fully saturated rings. The number of fused-ring (bicyclic) bond motifs is 1. The fourth-order valence-corrected chi connectivity index (χ4v) is 5.74. The second-order valence-electron chi connectivity index (χ2n) is 8.22. The number of hydrogen-bond donors (Lipinski definition) is 0. The first-order valence-electron chi connectivity index (χ1n) is 10.7. The van der Waals surface area contributed by atoms with Crippen LogP contribution in [0.4, 0.5) is 0 Å². The molecule has 0 saturated carbocycles. The molecule has 0 radical (unpaired) electrons. The molecular formula is C23H27ClN4O4S. The Labute approximate surface area is 198 Å². The summed E-state index contributed by atoms with van der Waals surface area (Å²) in [6.45, 7) is 4.09. The quantitative estimate of drug-likeness (QED) is 0.528. The lowest BCUT2D eigenvalue weighted by molar-refractivity contribution is 0.143. The molecule has 0 bridgehead atoms. The van der Waals surface area contributed by atoms with Crippen molar-refractivity contribution < 1.29 is 13.2 Å². The van der Waals surface area contributed by atoms with Gasteiger partial charge in [0.1, 0.15) is 11.6 Å². The Balaban J connectivity index is 1.44. The Kier molecular flexibility index (Phi) is 6.76. The molecule has 8 nitrogen and oxygen atoms in total. The van der Waals surface area contributed by atoms with E-state index in [1.807, 2.05) is 0 Å². The third-order valence-corrected chi connectivity index (χ3v) is 8.35. The molecule has 0 aliphatic carbocycles. The number of hydrogen-bond acceptors (Lipinski definition) is 6. The van der Waals surface area contributed by atoms with E-state index >= 15 is 0 Å². The van der Waals surface area contributed by atoms with Crippen LogP contribution in [0.1, 0.15) is 12.7 Å². The average Bonchev–Trinajstić information content (AvgIpc) is 2.83. The van der Waals surface area contributed by atoms with Crippen LogP contribution in [-0.4, -0.2) is 66.5 Å². The molecule has 0 amide bonds. The normalized spacial score (nSPS) is 16.7. The van der Waals surface area contributed by atoms with E-state index < -0.39 is 10.0 Å². The summed E-state index contributed by atoms with van der Waals surface area (Å²) in [5.41, 5.74) is 0.500. The van der Waals surface area contributed by atoms with Gasteiger partial charge < -0.3 is 4.74 Å². The Hall–Kier alpha value is -2.46.